The molecule has 1 aliphatic carbocycles. The number of H-pyrrole nitrogens is 1. The van der Waals surface area contributed by atoms with Crippen molar-refractivity contribution in [2.75, 3.05) is 5.32 Å². The summed E-state index contributed by atoms with van der Waals surface area (Å²) in [4.78, 5) is 16.3. The van der Waals surface area contributed by atoms with Gasteiger partial charge in [-0.05, 0) is 64.2 Å². The molecule has 4 aromatic rings. The van der Waals surface area contributed by atoms with Crippen molar-refractivity contribution in [3.05, 3.63) is 40.2 Å². The molecule has 2 heterocycles. The highest BCUT2D eigenvalue weighted by Gasteiger charge is 2.43. The maximum absolute atomic E-state index is 14.4. The fraction of sp³-hybridized carbons (Fsp3) is 0.211. The molecule has 1 aliphatic rings. The zero-order chi connectivity index (χ0) is 19.6. The Balaban J connectivity index is 1.59. The molecule has 2 aromatic carbocycles. The number of hydrogen-bond donors (Lipinski definition) is 2. The van der Waals surface area contributed by atoms with E-state index in [4.69, 9.17) is 0 Å². The lowest BCUT2D eigenvalue weighted by Gasteiger charge is -2.09. The molecule has 0 unspecified atom stereocenters. The summed E-state index contributed by atoms with van der Waals surface area (Å²) >= 11 is 4.73. The minimum Gasteiger partial charge on any atom is -0.302 e. The topological polar surface area (TPSA) is 70.7 Å². The Bertz CT molecular complexity index is 1270. The van der Waals surface area contributed by atoms with E-state index < -0.39 is 12.1 Å². The van der Waals surface area contributed by atoms with Gasteiger partial charge in [0.1, 0.15) is 16.6 Å². The molecule has 1 fully saturated rings. The van der Waals surface area contributed by atoms with E-state index >= 15 is 0 Å². The second-order valence-corrected chi connectivity index (χ2v) is 8.63. The van der Waals surface area contributed by atoms with E-state index in [2.05, 4.69) is 36.4 Å². The minimum atomic E-state index is -1.05. The average Bonchev–Trinajstić information content (AvgIpc) is 3.09. The number of carbonyl (C=O) groups is 1. The van der Waals surface area contributed by atoms with Gasteiger partial charge in [0.2, 0.25) is 5.91 Å². The van der Waals surface area contributed by atoms with E-state index in [1.807, 2.05) is 18.2 Å². The quantitative estimate of drug-likeness (QED) is 0.431. The number of fused-ring (bicyclic) bond motifs is 2. The highest BCUT2D eigenvalue weighted by atomic mass is 79.9. The van der Waals surface area contributed by atoms with Crippen LogP contribution in [0.5, 0.6) is 0 Å². The van der Waals surface area contributed by atoms with Gasteiger partial charge in [-0.1, -0.05) is 17.4 Å². The molecule has 1 saturated carbocycles. The maximum Gasteiger partial charge on any atom is 0.232 e. The molecule has 2 N–H and O–H groups in total. The number of halogens is 3. The highest BCUT2D eigenvalue weighted by Crippen LogP contribution is 2.39. The number of alkyl halides is 1. The predicted molar refractivity (Wildman–Crippen MR) is 109 cm³/mol. The van der Waals surface area contributed by atoms with Gasteiger partial charge >= 0.3 is 0 Å². The molecule has 9 heteroatoms. The number of aromatic nitrogens is 3. The Kier molecular flexibility index (Phi) is 3.99. The minimum absolute atomic E-state index is 0.273. The lowest BCUT2D eigenvalue weighted by molar-refractivity contribution is -0.117. The third-order valence-electron chi connectivity index (χ3n) is 4.96. The standard InChI is InChI=1S/C19H13BrF2N4OS/c1-7-10(21)6-13-16(17(20)26-25-13)15(7)8-2-3-12-14(4-8)28-19(23-12)24-18(27)9-5-11(9)22/h2-4,6,9,11H,5H2,1H3,(H,25,26)(H,23,24,27)/t9-,11+/m1/s1. The maximum atomic E-state index is 14.4. The second-order valence-electron chi connectivity index (χ2n) is 6.84. The monoisotopic (exact) mass is 462 g/mol. The Hall–Kier alpha value is -2.39. The van der Waals surface area contributed by atoms with Gasteiger partial charge in [-0.2, -0.15) is 5.10 Å². The van der Waals surface area contributed by atoms with Gasteiger partial charge in [0, 0.05) is 5.39 Å². The number of hydrogen-bond acceptors (Lipinski definition) is 4. The van der Waals surface area contributed by atoms with Crippen molar-refractivity contribution >= 4 is 59.4 Å². The summed E-state index contributed by atoms with van der Waals surface area (Å²) in [6.45, 7) is 1.73. The Morgan fingerprint density at radius 3 is 2.93 bits per heavy atom. The molecule has 0 spiro atoms. The highest BCUT2D eigenvalue weighted by molar-refractivity contribution is 9.10. The van der Waals surface area contributed by atoms with Gasteiger partial charge in [0.25, 0.3) is 0 Å². The first-order chi connectivity index (χ1) is 13.4. The van der Waals surface area contributed by atoms with Crippen LogP contribution in [0.2, 0.25) is 0 Å². The summed E-state index contributed by atoms with van der Waals surface area (Å²) in [5.41, 5.74) is 3.41. The number of amides is 1. The van der Waals surface area contributed by atoms with Crippen molar-refractivity contribution in [3.8, 4) is 11.1 Å². The van der Waals surface area contributed by atoms with Crippen LogP contribution >= 0.6 is 27.3 Å². The van der Waals surface area contributed by atoms with E-state index in [9.17, 15) is 13.6 Å². The number of nitrogens with zero attached hydrogens (tertiary/aromatic N) is 2. The predicted octanol–water partition coefficient (Wildman–Crippen LogP) is 5.35. The van der Waals surface area contributed by atoms with Crippen molar-refractivity contribution in [2.45, 2.75) is 19.5 Å². The Morgan fingerprint density at radius 1 is 1.39 bits per heavy atom. The van der Waals surface area contributed by atoms with Gasteiger partial charge < -0.3 is 5.32 Å². The molecule has 0 aliphatic heterocycles. The van der Waals surface area contributed by atoms with Gasteiger partial charge in [0.15, 0.2) is 5.13 Å². The summed E-state index contributed by atoms with van der Waals surface area (Å²) in [5.74, 6) is -1.22. The van der Waals surface area contributed by atoms with E-state index in [0.29, 0.717) is 26.3 Å². The third kappa shape index (κ3) is 2.80. The van der Waals surface area contributed by atoms with Crippen LogP contribution < -0.4 is 5.32 Å². The number of anilines is 1. The molecule has 5 nitrogen and oxygen atoms in total. The smallest absolute Gasteiger partial charge is 0.232 e. The van der Waals surface area contributed by atoms with Crippen LogP contribution in [-0.2, 0) is 4.79 Å². The fourth-order valence-electron chi connectivity index (χ4n) is 3.34. The fourth-order valence-corrected chi connectivity index (χ4v) is 4.75. The van der Waals surface area contributed by atoms with Gasteiger partial charge in [-0.25, -0.2) is 13.8 Å². The second kappa shape index (κ2) is 6.31. The molecule has 0 radical (unpaired) electrons. The van der Waals surface area contributed by atoms with Gasteiger partial charge in [-0.3, -0.25) is 9.89 Å². The van der Waals surface area contributed by atoms with Crippen LogP contribution in [0, 0.1) is 18.7 Å². The number of nitrogens with one attached hydrogen (secondary N) is 2. The third-order valence-corrected chi connectivity index (χ3v) is 6.47. The summed E-state index contributed by atoms with van der Waals surface area (Å²) < 4.78 is 28.9. The number of rotatable bonds is 3. The van der Waals surface area contributed by atoms with E-state index in [1.165, 1.54) is 17.4 Å². The normalized spacial score (nSPS) is 18.7. The molecule has 5 rings (SSSR count). The van der Waals surface area contributed by atoms with Crippen molar-refractivity contribution < 1.29 is 13.6 Å². The van der Waals surface area contributed by atoms with Crippen LogP contribution in [0.15, 0.2) is 28.9 Å². The lowest BCUT2D eigenvalue weighted by atomic mass is 9.96. The molecular formula is C19H13BrF2N4OS. The number of aromatic amines is 1. The molecule has 142 valence electrons. The number of thiazole rings is 1. The lowest BCUT2D eigenvalue weighted by Crippen LogP contribution is -2.14. The summed E-state index contributed by atoms with van der Waals surface area (Å²) in [6, 6.07) is 7.04. The van der Waals surface area contributed by atoms with Crippen molar-refractivity contribution in [2.24, 2.45) is 5.92 Å². The molecule has 2 atom stereocenters. The first kappa shape index (κ1) is 17.7. The van der Waals surface area contributed by atoms with E-state index in [1.54, 1.807) is 6.92 Å². The summed E-state index contributed by atoms with van der Waals surface area (Å²) in [5, 5.41) is 10.9. The van der Waals surface area contributed by atoms with E-state index in [0.717, 1.165) is 21.2 Å². The first-order valence-electron chi connectivity index (χ1n) is 8.61. The first-order valence-corrected chi connectivity index (χ1v) is 10.2. The van der Waals surface area contributed by atoms with Crippen LogP contribution in [0.25, 0.3) is 32.2 Å². The largest absolute Gasteiger partial charge is 0.302 e. The van der Waals surface area contributed by atoms with Crippen LogP contribution in [0.3, 0.4) is 0 Å². The summed E-state index contributed by atoms with van der Waals surface area (Å²) in [7, 11) is 0. The van der Waals surface area contributed by atoms with Gasteiger partial charge in [-0.15, -0.1) is 0 Å². The molecular weight excluding hydrogens is 450 g/mol. The zero-order valence-corrected chi connectivity index (χ0v) is 16.9. The number of benzene rings is 2. The van der Waals surface area contributed by atoms with Crippen molar-refractivity contribution in [3.63, 3.8) is 0 Å². The molecule has 1 amide bonds. The number of carbonyl (C=O) groups excluding carboxylic acids is 1. The molecule has 0 saturated heterocycles. The Labute approximate surface area is 170 Å². The Morgan fingerprint density at radius 2 is 2.18 bits per heavy atom. The molecule has 0 bridgehead atoms. The van der Waals surface area contributed by atoms with Crippen LogP contribution in [0.4, 0.5) is 13.9 Å². The summed E-state index contributed by atoms with van der Waals surface area (Å²) in [6.07, 6.45) is -0.775. The van der Waals surface area contributed by atoms with Gasteiger partial charge in [0.05, 0.1) is 21.7 Å². The van der Waals surface area contributed by atoms with Crippen LogP contribution in [-0.4, -0.2) is 27.3 Å². The SMILES string of the molecule is Cc1c(F)cc2[nH]nc(Br)c2c1-c1ccc2nc(NC(=O)[C@@H]3C[C@@H]3F)sc2c1. The van der Waals surface area contributed by atoms with Crippen molar-refractivity contribution in [1.82, 2.24) is 15.2 Å². The van der Waals surface area contributed by atoms with Crippen molar-refractivity contribution in [1.29, 1.82) is 0 Å². The van der Waals surface area contributed by atoms with Crippen LogP contribution in [0.1, 0.15) is 12.0 Å². The van der Waals surface area contributed by atoms with E-state index in [-0.39, 0.29) is 18.1 Å². The molecule has 2 aromatic heterocycles. The average molecular weight is 463 g/mol. The zero-order valence-electron chi connectivity index (χ0n) is 14.5. The molecule has 28 heavy (non-hydrogen) atoms.